The topological polar surface area (TPSA) is 78.6 Å². The second-order valence-corrected chi connectivity index (χ2v) is 3.49. The molecule has 17 heavy (non-hydrogen) atoms. The fraction of sp³-hybridized carbons (Fsp3) is 0.273. The zero-order valence-electron chi connectivity index (χ0n) is 9.17. The highest BCUT2D eigenvalue weighted by Gasteiger charge is 2.25. The molecule has 5 nitrogen and oxygen atoms in total. The molecule has 6 heteroatoms. The molecular formula is C11H14NO4P. The standard InChI is InChI=1S/C11H14NO4P/c12-7-6-9(13)15-10(11(14)16-17)8-4-2-1-3-5-8/h1-5,10H,6-7,12,17H2/t10-/m1/s1. The molecule has 0 heterocycles. The molecule has 1 rings (SSSR count). The monoisotopic (exact) mass is 255 g/mol. The molecule has 0 aromatic heterocycles. The van der Waals surface area contributed by atoms with Crippen LogP contribution < -0.4 is 5.73 Å². The van der Waals surface area contributed by atoms with Gasteiger partial charge in [0.1, 0.15) is 0 Å². The molecular weight excluding hydrogens is 241 g/mol. The normalized spacial score (nSPS) is 11.6. The van der Waals surface area contributed by atoms with Crippen LogP contribution in [0.15, 0.2) is 30.3 Å². The highest BCUT2D eigenvalue weighted by atomic mass is 31.0. The lowest BCUT2D eigenvalue weighted by molar-refractivity contribution is -0.162. The largest absolute Gasteiger partial charge is 0.449 e. The van der Waals surface area contributed by atoms with Crippen molar-refractivity contribution < 1.29 is 18.8 Å². The molecule has 92 valence electrons. The number of hydrogen-bond donors (Lipinski definition) is 1. The summed E-state index contributed by atoms with van der Waals surface area (Å²) in [4.78, 5) is 22.8. The van der Waals surface area contributed by atoms with Crippen molar-refractivity contribution in [1.82, 2.24) is 0 Å². The van der Waals surface area contributed by atoms with Crippen LogP contribution >= 0.6 is 9.47 Å². The van der Waals surface area contributed by atoms with Crippen LogP contribution in [0.2, 0.25) is 0 Å². The van der Waals surface area contributed by atoms with Gasteiger partial charge in [0.25, 0.3) is 0 Å². The maximum Gasteiger partial charge on any atom is 0.354 e. The van der Waals surface area contributed by atoms with Gasteiger partial charge in [0.2, 0.25) is 6.10 Å². The van der Waals surface area contributed by atoms with Gasteiger partial charge in [-0.25, -0.2) is 4.79 Å². The molecule has 1 unspecified atom stereocenters. The molecule has 0 bridgehead atoms. The van der Waals surface area contributed by atoms with E-state index in [0.717, 1.165) is 0 Å². The molecule has 1 aromatic rings. The summed E-state index contributed by atoms with van der Waals surface area (Å²) in [5.74, 6) is -1.18. The van der Waals surface area contributed by atoms with E-state index in [4.69, 9.17) is 10.5 Å². The lowest BCUT2D eigenvalue weighted by atomic mass is 10.1. The van der Waals surface area contributed by atoms with Crippen molar-refractivity contribution in [3.05, 3.63) is 35.9 Å². The lowest BCUT2D eigenvalue weighted by Gasteiger charge is -2.15. The zero-order valence-corrected chi connectivity index (χ0v) is 10.3. The number of esters is 1. The van der Waals surface area contributed by atoms with Crippen molar-refractivity contribution in [2.75, 3.05) is 6.54 Å². The molecule has 0 aliphatic rings. The van der Waals surface area contributed by atoms with Crippen molar-refractivity contribution in [2.45, 2.75) is 12.5 Å². The van der Waals surface area contributed by atoms with E-state index in [-0.39, 0.29) is 13.0 Å². The van der Waals surface area contributed by atoms with E-state index in [9.17, 15) is 9.59 Å². The van der Waals surface area contributed by atoms with Gasteiger partial charge >= 0.3 is 11.9 Å². The van der Waals surface area contributed by atoms with Crippen LogP contribution in [-0.2, 0) is 18.8 Å². The Bertz CT molecular complexity index is 382. The van der Waals surface area contributed by atoms with Gasteiger partial charge in [0.15, 0.2) is 0 Å². The summed E-state index contributed by atoms with van der Waals surface area (Å²) in [5, 5.41) is 0. The molecule has 2 atom stereocenters. The first-order valence-corrected chi connectivity index (χ1v) is 5.51. The Kier molecular flexibility index (Phi) is 5.60. The van der Waals surface area contributed by atoms with Gasteiger partial charge in [-0.15, -0.1) is 0 Å². The molecule has 1 aromatic carbocycles. The van der Waals surface area contributed by atoms with Crippen LogP contribution in [0.5, 0.6) is 0 Å². The maximum absolute atomic E-state index is 11.5. The Balaban J connectivity index is 2.82. The van der Waals surface area contributed by atoms with Crippen LogP contribution in [0, 0.1) is 0 Å². The number of nitrogens with two attached hydrogens (primary N) is 1. The fourth-order valence-electron chi connectivity index (χ4n) is 1.25. The highest BCUT2D eigenvalue weighted by molar-refractivity contribution is 7.10. The minimum atomic E-state index is -1.05. The average Bonchev–Trinajstić information content (AvgIpc) is 2.36. The average molecular weight is 255 g/mol. The van der Waals surface area contributed by atoms with Gasteiger partial charge in [-0.05, 0) is 0 Å². The predicted molar refractivity (Wildman–Crippen MR) is 64.7 cm³/mol. The quantitative estimate of drug-likeness (QED) is 0.626. The van der Waals surface area contributed by atoms with Crippen LogP contribution in [0.3, 0.4) is 0 Å². The van der Waals surface area contributed by atoms with E-state index in [2.05, 4.69) is 4.52 Å². The third-order valence-corrected chi connectivity index (χ3v) is 2.26. The Morgan fingerprint density at radius 2 is 1.94 bits per heavy atom. The molecule has 0 radical (unpaired) electrons. The Hall–Kier alpha value is -1.45. The zero-order chi connectivity index (χ0) is 12.7. The summed E-state index contributed by atoms with van der Waals surface area (Å²) in [7, 11) is 1.84. The van der Waals surface area contributed by atoms with Gasteiger partial charge in [0, 0.05) is 12.1 Å². The van der Waals surface area contributed by atoms with Gasteiger partial charge in [-0.3, -0.25) is 4.79 Å². The minimum Gasteiger partial charge on any atom is -0.449 e. The predicted octanol–water partition coefficient (Wildman–Crippen LogP) is 0.953. The van der Waals surface area contributed by atoms with Gasteiger partial charge in [0.05, 0.1) is 15.9 Å². The maximum atomic E-state index is 11.5. The summed E-state index contributed by atoms with van der Waals surface area (Å²) >= 11 is 0. The summed E-state index contributed by atoms with van der Waals surface area (Å²) in [6, 6.07) is 8.66. The van der Waals surface area contributed by atoms with E-state index in [1.54, 1.807) is 30.3 Å². The second-order valence-electron chi connectivity index (χ2n) is 3.26. The molecule has 0 fully saturated rings. The van der Waals surface area contributed by atoms with Crippen LogP contribution in [0.1, 0.15) is 18.1 Å². The molecule has 0 aliphatic heterocycles. The summed E-state index contributed by atoms with van der Waals surface area (Å²) in [5.41, 5.74) is 5.79. The Labute approximate surface area is 102 Å². The van der Waals surface area contributed by atoms with E-state index in [1.165, 1.54) is 0 Å². The number of benzene rings is 1. The summed E-state index contributed by atoms with van der Waals surface area (Å²) in [6.45, 7) is 0.177. The first kappa shape index (κ1) is 13.6. The lowest BCUT2D eigenvalue weighted by Crippen LogP contribution is -2.21. The summed E-state index contributed by atoms with van der Waals surface area (Å²) in [6.07, 6.45) is -0.985. The minimum absolute atomic E-state index is 0.0630. The molecule has 0 saturated carbocycles. The van der Waals surface area contributed by atoms with Crippen molar-refractivity contribution in [1.29, 1.82) is 0 Å². The highest BCUT2D eigenvalue weighted by Crippen LogP contribution is 2.20. The Morgan fingerprint density at radius 3 is 2.47 bits per heavy atom. The van der Waals surface area contributed by atoms with E-state index in [0.29, 0.717) is 5.56 Å². The van der Waals surface area contributed by atoms with E-state index >= 15 is 0 Å². The number of carbonyl (C=O) groups is 2. The third kappa shape index (κ3) is 4.13. The molecule has 0 saturated heterocycles. The van der Waals surface area contributed by atoms with Crippen LogP contribution in [0.25, 0.3) is 0 Å². The SMILES string of the molecule is NCCC(=O)O[C@@H](C(=O)OP)c1ccccc1. The first-order valence-electron chi connectivity index (χ1n) is 5.04. The molecule has 2 N–H and O–H groups in total. The first-order chi connectivity index (χ1) is 8.19. The van der Waals surface area contributed by atoms with Gasteiger partial charge < -0.3 is 15.0 Å². The van der Waals surface area contributed by atoms with Crippen LogP contribution in [0.4, 0.5) is 0 Å². The van der Waals surface area contributed by atoms with E-state index < -0.39 is 18.0 Å². The van der Waals surface area contributed by atoms with Crippen molar-refractivity contribution in [3.63, 3.8) is 0 Å². The Morgan fingerprint density at radius 1 is 1.29 bits per heavy atom. The van der Waals surface area contributed by atoms with Crippen molar-refractivity contribution in [2.24, 2.45) is 5.73 Å². The summed E-state index contributed by atoms with van der Waals surface area (Å²) < 4.78 is 9.54. The molecule has 0 spiro atoms. The molecule has 0 aliphatic carbocycles. The number of carbonyl (C=O) groups excluding carboxylic acids is 2. The van der Waals surface area contributed by atoms with Crippen molar-refractivity contribution in [3.8, 4) is 0 Å². The number of hydrogen-bond acceptors (Lipinski definition) is 5. The van der Waals surface area contributed by atoms with E-state index in [1.807, 2.05) is 9.47 Å². The number of rotatable bonds is 5. The number of ether oxygens (including phenoxy) is 1. The second kappa shape index (κ2) is 6.99. The molecule has 0 amide bonds. The fourth-order valence-corrected chi connectivity index (χ4v) is 1.37. The van der Waals surface area contributed by atoms with Gasteiger partial charge in [-0.2, -0.15) is 0 Å². The van der Waals surface area contributed by atoms with Crippen molar-refractivity contribution >= 4 is 21.4 Å². The van der Waals surface area contributed by atoms with Crippen LogP contribution in [-0.4, -0.2) is 18.5 Å². The smallest absolute Gasteiger partial charge is 0.354 e. The third-order valence-electron chi connectivity index (χ3n) is 2.03. The van der Waals surface area contributed by atoms with Gasteiger partial charge in [-0.1, -0.05) is 30.3 Å².